The van der Waals surface area contributed by atoms with Crippen LogP contribution in [0.1, 0.15) is 28.7 Å². The molecule has 0 saturated heterocycles. The van der Waals surface area contributed by atoms with Gasteiger partial charge in [0.1, 0.15) is 11.5 Å². The Morgan fingerprint density at radius 3 is 2.81 bits per heavy atom. The van der Waals surface area contributed by atoms with E-state index in [1.165, 1.54) is 12.1 Å². The van der Waals surface area contributed by atoms with Crippen molar-refractivity contribution in [1.29, 1.82) is 0 Å². The van der Waals surface area contributed by atoms with Gasteiger partial charge in [0.2, 0.25) is 0 Å². The molecule has 0 atom stereocenters. The number of carbonyl (C=O) groups excluding carboxylic acids is 1. The summed E-state index contributed by atoms with van der Waals surface area (Å²) in [7, 11) is 0. The summed E-state index contributed by atoms with van der Waals surface area (Å²) in [6.07, 6.45) is 0. The number of hydrogen-bond donors (Lipinski definition) is 2. The van der Waals surface area contributed by atoms with Crippen molar-refractivity contribution >= 4 is 17.3 Å². The quantitative estimate of drug-likeness (QED) is 0.414. The van der Waals surface area contributed by atoms with E-state index in [1.807, 2.05) is 13.0 Å². The van der Waals surface area contributed by atoms with Gasteiger partial charge >= 0.3 is 0 Å². The maximum atomic E-state index is 12.2. The average Bonchev–Trinajstić information content (AvgIpc) is 3.28. The number of aromatic amines is 1. The lowest BCUT2D eigenvalue weighted by atomic mass is 10.1. The number of aryl methyl sites for hydroxylation is 1. The third-order valence-corrected chi connectivity index (χ3v) is 3.62. The van der Waals surface area contributed by atoms with E-state index in [0.717, 1.165) is 5.76 Å². The number of nitro benzene ring substituents is 1. The number of rotatable bonds is 5. The van der Waals surface area contributed by atoms with Gasteiger partial charge in [0.15, 0.2) is 11.5 Å². The Morgan fingerprint density at radius 1 is 1.31 bits per heavy atom. The van der Waals surface area contributed by atoms with Crippen LogP contribution in [0.25, 0.3) is 11.5 Å². The Balaban J connectivity index is 1.72. The van der Waals surface area contributed by atoms with E-state index in [2.05, 4.69) is 20.7 Å². The van der Waals surface area contributed by atoms with Gasteiger partial charge in [-0.3, -0.25) is 20.0 Å². The Bertz CT molecular complexity index is 1000. The number of hydrazone groups is 1. The van der Waals surface area contributed by atoms with E-state index >= 15 is 0 Å². The van der Waals surface area contributed by atoms with Crippen LogP contribution in [0.3, 0.4) is 0 Å². The summed E-state index contributed by atoms with van der Waals surface area (Å²) in [6.45, 7) is 3.46. The lowest BCUT2D eigenvalue weighted by Crippen LogP contribution is -2.19. The molecule has 3 rings (SSSR count). The number of nitrogens with zero attached hydrogens (tertiary/aromatic N) is 3. The second kappa shape index (κ2) is 7.01. The highest BCUT2D eigenvalue weighted by Gasteiger charge is 2.13. The van der Waals surface area contributed by atoms with E-state index in [9.17, 15) is 14.9 Å². The van der Waals surface area contributed by atoms with E-state index in [4.69, 9.17) is 4.42 Å². The molecule has 0 aliphatic rings. The highest BCUT2D eigenvalue weighted by Crippen LogP contribution is 2.20. The van der Waals surface area contributed by atoms with Gasteiger partial charge in [-0.25, -0.2) is 5.43 Å². The molecule has 26 heavy (non-hydrogen) atoms. The summed E-state index contributed by atoms with van der Waals surface area (Å²) < 4.78 is 5.46. The predicted molar refractivity (Wildman–Crippen MR) is 93.8 cm³/mol. The number of hydrogen-bond acceptors (Lipinski definition) is 6. The van der Waals surface area contributed by atoms with Gasteiger partial charge in [0.25, 0.3) is 11.6 Å². The molecule has 132 valence electrons. The van der Waals surface area contributed by atoms with Gasteiger partial charge in [0.05, 0.1) is 10.6 Å². The first-order valence-corrected chi connectivity index (χ1v) is 7.65. The number of non-ortho nitro benzene ring substituents is 1. The summed E-state index contributed by atoms with van der Waals surface area (Å²) in [5.41, 5.74) is 4.02. The molecule has 2 N–H and O–H groups in total. The Morgan fingerprint density at radius 2 is 2.12 bits per heavy atom. The SMILES string of the molecule is C/C(=N/NC(=O)c1cc(-c2ccc(C)o2)[nH]n1)c1cccc([N+](=O)[O-])c1. The van der Waals surface area contributed by atoms with E-state index in [1.54, 1.807) is 31.2 Å². The van der Waals surface area contributed by atoms with Crippen molar-refractivity contribution in [2.45, 2.75) is 13.8 Å². The van der Waals surface area contributed by atoms with Crippen LogP contribution in [0, 0.1) is 17.0 Å². The van der Waals surface area contributed by atoms with Crippen molar-refractivity contribution in [2.24, 2.45) is 5.10 Å². The highest BCUT2D eigenvalue weighted by molar-refractivity contribution is 6.01. The van der Waals surface area contributed by atoms with Crippen molar-refractivity contribution in [3.05, 3.63) is 69.6 Å². The minimum absolute atomic E-state index is 0.0472. The summed E-state index contributed by atoms with van der Waals surface area (Å²) in [6, 6.07) is 11.1. The standard InChI is InChI=1S/C17H15N5O4/c1-10-6-7-16(26-10)14-9-15(20-19-14)17(23)21-18-11(2)12-4-3-5-13(8-12)22(24)25/h3-9H,1-2H3,(H,19,20)(H,21,23)/b18-11-. The molecule has 0 unspecified atom stereocenters. The summed E-state index contributed by atoms with van der Waals surface area (Å²) in [5, 5.41) is 21.5. The van der Waals surface area contributed by atoms with Gasteiger partial charge in [-0.05, 0) is 26.0 Å². The van der Waals surface area contributed by atoms with Crippen molar-refractivity contribution in [3.8, 4) is 11.5 Å². The first-order valence-electron chi connectivity index (χ1n) is 7.65. The Hall–Kier alpha value is -3.75. The molecular formula is C17H15N5O4. The topological polar surface area (TPSA) is 126 Å². The van der Waals surface area contributed by atoms with Gasteiger partial charge in [-0.1, -0.05) is 12.1 Å². The maximum Gasteiger partial charge on any atom is 0.291 e. The van der Waals surface area contributed by atoms with Crippen LogP contribution in [0.2, 0.25) is 0 Å². The third kappa shape index (κ3) is 3.66. The summed E-state index contributed by atoms with van der Waals surface area (Å²) >= 11 is 0. The second-order valence-corrected chi connectivity index (χ2v) is 5.52. The zero-order valence-corrected chi connectivity index (χ0v) is 14.0. The van der Waals surface area contributed by atoms with Crippen LogP contribution in [0.5, 0.6) is 0 Å². The number of amides is 1. The minimum Gasteiger partial charge on any atom is -0.460 e. The first kappa shape index (κ1) is 17.1. The van der Waals surface area contributed by atoms with Gasteiger partial charge < -0.3 is 4.42 Å². The third-order valence-electron chi connectivity index (χ3n) is 3.62. The van der Waals surface area contributed by atoms with Crippen LogP contribution in [-0.2, 0) is 0 Å². The average molecular weight is 353 g/mol. The fraction of sp³-hybridized carbons (Fsp3) is 0.118. The van der Waals surface area contributed by atoms with Crippen molar-refractivity contribution in [3.63, 3.8) is 0 Å². The fourth-order valence-corrected chi connectivity index (χ4v) is 2.24. The molecule has 1 amide bonds. The first-order chi connectivity index (χ1) is 12.4. The molecule has 0 fully saturated rings. The molecule has 1 aromatic carbocycles. The zero-order chi connectivity index (χ0) is 18.7. The lowest BCUT2D eigenvalue weighted by molar-refractivity contribution is -0.384. The van der Waals surface area contributed by atoms with Crippen LogP contribution >= 0.6 is 0 Å². The largest absolute Gasteiger partial charge is 0.460 e. The number of benzene rings is 1. The molecule has 0 radical (unpaired) electrons. The molecule has 2 aromatic heterocycles. The molecule has 9 nitrogen and oxygen atoms in total. The zero-order valence-electron chi connectivity index (χ0n) is 14.0. The minimum atomic E-state index is -0.513. The summed E-state index contributed by atoms with van der Waals surface area (Å²) in [5.74, 6) is 0.809. The normalized spacial score (nSPS) is 11.4. The van der Waals surface area contributed by atoms with Crippen molar-refractivity contribution in [1.82, 2.24) is 15.6 Å². The predicted octanol–water partition coefficient (Wildman–Crippen LogP) is 3.04. The van der Waals surface area contributed by atoms with E-state index < -0.39 is 10.8 Å². The van der Waals surface area contributed by atoms with Crippen LogP contribution < -0.4 is 5.43 Å². The van der Waals surface area contributed by atoms with Crippen molar-refractivity contribution < 1.29 is 14.1 Å². The van der Waals surface area contributed by atoms with Crippen LogP contribution in [-0.4, -0.2) is 26.7 Å². The molecule has 0 aliphatic carbocycles. The molecule has 2 heterocycles. The molecular weight excluding hydrogens is 338 g/mol. The van der Waals surface area contributed by atoms with Crippen molar-refractivity contribution in [2.75, 3.05) is 0 Å². The fourth-order valence-electron chi connectivity index (χ4n) is 2.24. The molecule has 0 aliphatic heterocycles. The molecule has 9 heteroatoms. The number of H-pyrrole nitrogens is 1. The monoisotopic (exact) mass is 353 g/mol. The molecule has 0 bridgehead atoms. The highest BCUT2D eigenvalue weighted by atomic mass is 16.6. The molecule has 3 aromatic rings. The van der Waals surface area contributed by atoms with Crippen LogP contribution in [0.15, 0.2) is 52.0 Å². The lowest BCUT2D eigenvalue weighted by Gasteiger charge is -2.01. The van der Waals surface area contributed by atoms with Gasteiger partial charge in [-0.2, -0.15) is 10.2 Å². The van der Waals surface area contributed by atoms with Gasteiger partial charge in [-0.15, -0.1) is 0 Å². The molecule has 0 spiro atoms. The summed E-state index contributed by atoms with van der Waals surface area (Å²) in [4.78, 5) is 22.5. The van der Waals surface area contributed by atoms with E-state index in [-0.39, 0.29) is 11.4 Å². The second-order valence-electron chi connectivity index (χ2n) is 5.52. The smallest absolute Gasteiger partial charge is 0.291 e. The van der Waals surface area contributed by atoms with Gasteiger partial charge in [0, 0.05) is 23.8 Å². The van der Waals surface area contributed by atoms with Crippen LogP contribution in [0.4, 0.5) is 5.69 Å². The van der Waals surface area contributed by atoms with E-state index in [0.29, 0.717) is 22.7 Å². The Kier molecular flexibility index (Phi) is 4.61. The molecule has 0 saturated carbocycles. The number of furan rings is 1. The number of nitrogens with one attached hydrogen (secondary N) is 2. The number of nitro groups is 1. The number of aromatic nitrogens is 2. The maximum absolute atomic E-state index is 12.2. The number of carbonyl (C=O) groups is 1. The Labute approximate surface area is 147 Å².